The molecule has 0 atom stereocenters. The van der Waals surface area contributed by atoms with E-state index in [4.69, 9.17) is 4.74 Å². The van der Waals surface area contributed by atoms with E-state index in [0.717, 1.165) is 17.5 Å². The predicted octanol–water partition coefficient (Wildman–Crippen LogP) is 3.04. The van der Waals surface area contributed by atoms with Gasteiger partial charge in [0.05, 0.1) is 4.90 Å². The first-order chi connectivity index (χ1) is 11.4. The summed E-state index contributed by atoms with van der Waals surface area (Å²) in [5.41, 5.74) is 1.55. The van der Waals surface area contributed by atoms with Gasteiger partial charge in [0.2, 0.25) is 5.88 Å². The van der Waals surface area contributed by atoms with Crippen LogP contribution in [0.25, 0.3) is 11.4 Å². The van der Waals surface area contributed by atoms with Gasteiger partial charge in [0, 0.05) is 36.0 Å². The van der Waals surface area contributed by atoms with Crippen LogP contribution in [0.3, 0.4) is 0 Å². The average molecular weight is 341 g/mol. The summed E-state index contributed by atoms with van der Waals surface area (Å²) in [7, 11) is -3.23. The Bertz CT molecular complexity index is 956. The maximum absolute atomic E-state index is 11.5. The summed E-state index contributed by atoms with van der Waals surface area (Å²) in [6.07, 6.45) is 4.52. The Hall–Kier alpha value is -2.80. The highest BCUT2D eigenvalue weighted by atomic mass is 32.2. The molecule has 0 bridgehead atoms. The number of aromatic nitrogens is 3. The minimum Gasteiger partial charge on any atom is -0.439 e. The molecule has 2 heterocycles. The summed E-state index contributed by atoms with van der Waals surface area (Å²) in [5, 5.41) is 0. The van der Waals surface area contributed by atoms with Crippen LogP contribution in [-0.4, -0.2) is 29.6 Å². The normalized spacial score (nSPS) is 11.2. The molecule has 0 N–H and O–H groups in total. The van der Waals surface area contributed by atoms with Gasteiger partial charge >= 0.3 is 0 Å². The molecule has 0 unspecified atom stereocenters. The highest BCUT2D eigenvalue weighted by Crippen LogP contribution is 2.24. The summed E-state index contributed by atoms with van der Waals surface area (Å²) in [6, 6.07) is 11.6. The van der Waals surface area contributed by atoms with Crippen molar-refractivity contribution in [3.63, 3.8) is 0 Å². The zero-order chi connectivity index (χ0) is 17.2. The molecule has 0 saturated heterocycles. The lowest BCUT2D eigenvalue weighted by Gasteiger charge is -2.08. The second-order valence-corrected chi connectivity index (χ2v) is 7.27. The lowest BCUT2D eigenvalue weighted by Crippen LogP contribution is -1.98. The molecule has 0 amide bonds. The molecule has 7 heteroatoms. The van der Waals surface area contributed by atoms with E-state index in [0.29, 0.717) is 17.5 Å². The summed E-state index contributed by atoms with van der Waals surface area (Å²) in [5.74, 6) is 1.40. The largest absolute Gasteiger partial charge is 0.439 e. The number of benzene rings is 1. The van der Waals surface area contributed by atoms with Crippen LogP contribution in [0, 0.1) is 6.92 Å². The van der Waals surface area contributed by atoms with Gasteiger partial charge in [0.25, 0.3) is 0 Å². The van der Waals surface area contributed by atoms with Crippen molar-refractivity contribution >= 4 is 9.84 Å². The van der Waals surface area contributed by atoms with Crippen LogP contribution < -0.4 is 4.74 Å². The fraction of sp³-hybridized carbons (Fsp3) is 0.118. The number of ether oxygens (including phenoxy) is 1. The van der Waals surface area contributed by atoms with Crippen LogP contribution in [-0.2, 0) is 9.84 Å². The van der Waals surface area contributed by atoms with E-state index in [1.165, 1.54) is 12.1 Å². The van der Waals surface area contributed by atoms with Gasteiger partial charge in [-0.15, -0.1) is 0 Å². The molecule has 0 aliphatic rings. The molecule has 0 saturated carbocycles. The second-order valence-electron chi connectivity index (χ2n) is 5.26. The first kappa shape index (κ1) is 16.1. The molecule has 3 aromatic rings. The summed E-state index contributed by atoms with van der Waals surface area (Å²) >= 11 is 0. The van der Waals surface area contributed by atoms with Crippen molar-refractivity contribution in [2.24, 2.45) is 0 Å². The molecule has 3 rings (SSSR count). The number of sulfone groups is 1. The molecular weight excluding hydrogens is 326 g/mol. The topological polar surface area (TPSA) is 82.0 Å². The van der Waals surface area contributed by atoms with Gasteiger partial charge in [0.15, 0.2) is 15.7 Å². The maximum Gasteiger partial charge on any atom is 0.223 e. The molecule has 24 heavy (non-hydrogen) atoms. The third-order valence-electron chi connectivity index (χ3n) is 3.22. The molecule has 0 radical (unpaired) electrons. The van der Waals surface area contributed by atoms with Crippen LogP contribution in [0.4, 0.5) is 0 Å². The first-order valence-corrected chi connectivity index (χ1v) is 9.05. The van der Waals surface area contributed by atoms with Gasteiger partial charge in [-0.1, -0.05) is 0 Å². The molecule has 1 aromatic carbocycles. The lowest BCUT2D eigenvalue weighted by molar-refractivity contribution is 0.461. The fourth-order valence-electron chi connectivity index (χ4n) is 2.09. The highest BCUT2D eigenvalue weighted by molar-refractivity contribution is 7.90. The predicted molar refractivity (Wildman–Crippen MR) is 89.6 cm³/mol. The zero-order valence-electron chi connectivity index (χ0n) is 13.2. The maximum atomic E-state index is 11.5. The van der Waals surface area contributed by atoms with Gasteiger partial charge in [-0.05, 0) is 43.3 Å². The number of nitrogens with zero attached hydrogens (tertiary/aromatic N) is 3. The number of aryl methyl sites for hydroxylation is 1. The Morgan fingerprint density at radius 2 is 1.79 bits per heavy atom. The molecular formula is C17H15N3O3S. The van der Waals surface area contributed by atoms with Gasteiger partial charge in [-0.3, -0.25) is 4.98 Å². The van der Waals surface area contributed by atoms with Crippen molar-refractivity contribution in [2.75, 3.05) is 6.26 Å². The van der Waals surface area contributed by atoms with Gasteiger partial charge in [-0.25, -0.2) is 13.4 Å². The average Bonchev–Trinajstić information content (AvgIpc) is 2.55. The monoisotopic (exact) mass is 341 g/mol. The Morgan fingerprint density at radius 1 is 1.04 bits per heavy atom. The third kappa shape index (κ3) is 3.75. The van der Waals surface area contributed by atoms with Crippen molar-refractivity contribution < 1.29 is 13.2 Å². The molecule has 0 aliphatic heterocycles. The number of rotatable bonds is 4. The van der Waals surface area contributed by atoms with Gasteiger partial charge in [0.1, 0.15) is 5.75 Å². The van der Waals surface area contributed by atoms with E-state index in [2.05, 4.69) is 15.0 Å². The van der Waals surface area contributed by atoms with Crippen LogP contribution in [0.5, 0.6) is 11.6 Å². The van der Waals surface area contributed by atoms with Crippen LogP contribution >= 0.6 is 0 Å². The van der Waals surface area contributed by atoms with E-state index in [-0.39, 0.29) is 4.90 Å². The highest BCUT2D eigenvalue weighted by Gasteiger charge is 2.09. The van der Waals surface area contributed by atoms with Crippen LogP contribution in [0.2, 0.25) is 0 Å². The summed E-state index contributed by atoms with van der Waals surface area (Å²) in [4.78, 5) is 13.1. The second kappa shape index (κ2) is 6.37. The van der Waals surface area contributed by atoms with E-state index in [1.54, 1.807) is 30.6 Å². The standard InChI is InChI=1S/C17H15N3O3S/c1-12-10-16(20-17(19-12)13-4-3-9-18-11-13)23-14-5-7-15(8-6-14)24(2,21)22/h3-11H,1-2H3. The Balaban J connectivity index is 1.89. The van der Waals surface area contributed by atoms with Gasteiger partial charge in [-0.2, -0.15) is 4.98 Å². The summed E-state index contributed by atoms with van der Waals surface area (Å²) < 4.78 is 28.7. The number of pyridine rings is 1. The SMILES string of the molecule is Cc1cc(Oc2ccc(S(C)(=O)=O)cc2)nc(-c2cccnc2)n1. The minimum atomic E-state index is -3.23. The smallest absolute Gasteiger partial charge is 0.223 e. The molecule has 0 spiro atoms. The van der Waals surface area contributed by atoms with E-state index < -0.39 is 9.84 Å². The Kier molecular flexibility index (Phi) is 4.26. The van der Waals surface area contributed by atoms with Crippen molar-refractivity contribution in [2.45, 2.75) is 11.8 Å². The first-order valence-electron chi connectivity index (χ1n) is 7.16. The van der Waals surface area contributed by atoms with Crippen LogP contribution in [0.15, 0.2) is 59.8 Å². The van der Waals surface area contributed by atoms with Crippen molar-refractivity contribution in [3.05, 3.63) is 60.6 Å². The quantitative estimate of drug-likeness (QED) is 0.725. The fourth-order valence-corrected chi connectivity index (χ4v) is 2.72. The van der Waals surface area contributed by atoms with Crippen molar-refractivity contribution in [1.29, 1.82) is 0 Å². The molecule has 6 nitrogen and oxygen atoms in total. The van der Waals surface area contributed by atoms with E-state index in [9.17, 15) is 8.42 Å². The Morgan fingerprint density at radius 3 is 2.42 bits per heavy atom. The van der Waals surface area contributed by atoms with Crippen LogP contribution in [0.1, 0.15) is 5.69 Å². The third-order valence-corrected chi connectivity index (χ3v) is 4.35. The molecule has 2 aromatic heterocycles. The summed E-state index contributed by atoms with van der Waals surface area (Å²) in [6.45, 7) is 1.85. The van der Waals surface area contributed by atoms with Crippen molar-refractivity contribution in [3.8, 4) is 23.0 Å². The number of hydrogen-bond acceptors (Lipinski definition) is 6. The molecule has 0 fully saturated rings. The molecule has 0 aliphatic carbocycles. The van der Waals surface area contributed by atoms with E-state index >= 15 is 0 Å². The lowest BCUT2D eigenvalue weighted by atomic mass is 10.2. The van der Waals surface area contributed by atoms with Crippen molar-refractivity contribution in [1.82, 2.24) is 15.0 Å². The van der Waals surface area contributed by atoms with Gasteiger partial charge < -0.3 is 4.74 Å². The Labute approximate surface area is 140 Å². The minimum absolute atomic E-state index is 0.241. The molecule has 122 valence electrons. The zero-order valence-corrected chi connectivity index (χ0v) is 14.0. The number of hydrogen-bond donors (Lipinski definition) is 0. The van der Waals surface area contributed by atoms with E-state index in [1.807, 2.05) is 19.1 Å².